The molecule has 2 heterocycles. The van der Waals surface area contributed by atoms with Crippen LogP contribution in [0.2, 0.25) is 0 Å². The fourth-order valence-corrected chi connectivity index (χ4v) is 3.42. The van der Waals surface area contributed by atoms with E-state index in [0.29, 0.717) is 11.9 Å². The lowest BCUT2D eigenvalue weighted by Gasteiger charge is -2.46. The largest absolute Gasteiger partial charge is 0.324 e. The molecule has 1 aliphatic heterocycles. The number of hydrogen-bond acceptors (Lipinski definition) is 2. The zero-order valence-electron chi connectivity index (χ0n) is 14.0. The molecular formula is C20H20N4O. The molecule has 1 aliphatic rings. The molecular weight excluding hydrogens is 312 g/mol. The van der Waals surface area contributed by atoms with Crippen LogP contribution in [0.5, 0.6) is 0 Å². The van der Waals surface area contributed by atoms with Crippen molar-refractivity contribution >= 4 is 12.0 Å². The van der Waals surface area contributed by atoms with E-state index in [1.54, 1.807) is 6.20 Å². The number of nitrogens with one attached hydrogen (secondary N) is 1. The van der Waals surface area contributed by atoms with Gasteiger partial charge in [-0.1, -0.05) is 55.5 Å². The van der Waals surface area contributed by atoms with Crippen molar-refractivity contribution in [2.75, 3.05) is 11.9 Å². The number of carbonyl (C=O) groups is 1. The fraction of sp³-hybridized carbons (Fsp3) is 0.200. The van der Waals surface area contributed by atoms with Gasteiger partial charge in [0, 0.05) is 24.6 Å². The topological polar surface area (TPSA) is 50.2 Å². The van der Waals surface area contributed by atoms with Gasteiger partial charge >= 0.3 is 6.03 Å². The molecule has 2 atom stereocenters. The summed E-state index contributed by atoms with van der Waals surface area (Å²) in [7, 11) is 0. The summed E-state index contributed by atoms with van der Waals surface area (Å²) in [5.41, 5.74) is 2.13. The Balaban J connectivity index is 1.53. The van der Waals surface area contributed by atoms with Gasteiger partial charge in [0.2, 0.25) is 5.95 Å². The first-order valence-corrected chi connectivity index (χ1v) is 8.45. The van der Waals surface area contributed by atoms with Crippen molar-refractivity contribution in [2.24, 2.45) is 5.92 Å². The summed E-state index contributed by atoms with van der Waals surface area (Å²) in [4.78, 5) is 18.9. The number of hydrogen-bond donors (Lipinski definition) is 1. The van der Waals surface area contributed by atoms with Gasteiger partial charge in [0.1, 0.15) is 0 Å². The lowest BCUT2D eigenvalue weighted by molar-refractivity contribution is 0.0670. The van der Waals surface area contributed by atoms with Gasteiger partial charge in [-0.25, -0.2) is 9.78 Å². The molecule has 1 aromatic heterocycles. The number of benzene rings is 2. The zero-order valence-corrected chi connectivity index (χ0v) is 14.0. The predicted octanol–water partition coefficient (Wildman–Crippen LogP) is 4.10. The van der Waals surface area contributed by atoms with Gasteiger partial charge in [0.05, 0.1) is 6.04 Å². The van der Waals surface area contributed by atoms with Crippen LogP contribution in [-0.2, 0) is 0 Å². The number of anilines is 1. The number of likely N-dealkylation sites (tertiary alicyclic amines) is 1. The maximum absolute atomic E-state index is 12.8. The second-order valence-corrected chi connectivity index (χ2v) is 6.37. The summed E-state index contributed by atoms with van der Waals surface area (Å²) in [5, 5.41) is 2.95. The summed E-state index contributed by atoms with van der Waals surface area (Å²) in [6.07, 6.45) is 3.54. The first-order valence-electron chi connectivity index (χ1n) is 8.45. The van der Waals surface area contributed by atoms with Crippen LogP contribution in [0.25, 0.3) is 5.69 Å². The lowest BCUT2D eigenvalue weighted by Crippen LogP contribution is -2.53. The van der Waals surface area contributed by atoms with Crippen molar-refractivity contribution in [3.05, 3.63) is 78.6 Å². The van der Waals surface area contributed by atoms with E-state index >= 15 is 0 Å². The molecule has 0 radical (unpaired) electrons. The molecule has 3 aromatic rings. The molecule has 1 fully saturated rings. The third kappa shape index (κ3) is 2.89. The quantitative estimate of drug-likeness (QED) is 0.785. The van der Waals surface area contributed by atoms with Crippen LogP contribution in [0, 0.1) is 5.92 Å². The van der Waals surface area contributed by atoms with Gasteiger partial charge < -0.3 is 4.90 Å². The number of aromatic nitrogens is 2. The van der Waals surface area contributed by atoms with Crippen molar-refractivity contribution in [3.8, 4) is 5.69 Å². The maximum atomic E-state index is 12.8. The van der Waals surface area contributed by atoms with E-state index in [1.807, 2.05) is 64.2 Å². The summed E-state index contributed by atoms with van der Waals surface area (Å²) in [6.45, 7) is 2.92. The van der Waals surface area contributed by atoms with E-state index in [4.69, 9.17) is 0 Å². The summed E-state index contributed by atoms with van der Waals surface area (Å²) in [5.74, 6) is 0.976. The molecule has 0 saturated carbocycles. The van der Waals surface area contributed by atoms with E-state index < -0.39 is 0 Å². The Morgan fingerprint density at radius 2 is 1.76 bits per heavy atom. The Kier molecular flexibility index (Phi) is 3.98. The van der Waals surface area contributed by atoms with Crippen molar-refractivity contribution in [1.29, 1.82) is 0 Å². The minimum absolute atomic E-state index is 0.112. The fourth-order valence-electron chi connectivity index (χ4n) is 3.42. The van der Waals surface area contributed by atoms with Crippen molar-refractivity contribution in [3.63, 3.8) is 0 Å². The highest BCUT2D eigenvalue weighted by atomic mass is 16.2. The third-order valence-electron chi connectivity index (χ3n) is 4.66. The summed E-state index contributed by atoms with van der Waals surface area (Å²) >= 11 is 0. The van der Waals surface area contributed by atoms with Crippen LogP contribution in [0.1, 0.15) is 18.5 Å². The van der Waals surface area contributed by atoms with Crippen LogP contribution >= 0.6 is 0 Å². The number of nitrogens with zero attached hydrogens (tertiary/aromatic N) is 3. The summed E-state index contributed by atoms with van der Waals surface area (Å²) in [6, 6.07) is 20.0. The van der Waals surface area contributed by atoms with Gasteiger partial charge in [-0.2, -0.15) is 0 Å². The van der Waals surface area contributed by atoms with E-state index in [9.17, 15) is 4.79 Å². The number of para-hydroxylation sites is 1. The predicted molar refractivity (Wildman–Crippen MR) is 97.6 cm³/mol. The highest BCUT2D eigenvalue weighted by Crippen LogP contribution is 2.38. The van der Waals surface area contributed by atoms with Gasteiger partial charge in [0.25, 0.3) is 0 Å². The minimum Gasteiger partial charge on any atom is -0.317 e. The molecule has 0 unspecified atom stereocenters. The molecule has 0 bridgehead atoms. The minimum atomic E-state index is -0.115. The van der Waals surface area contributed by atoms with Gasteiger partial charge in [-0.05, 0) is 23.6 Å². The molecule has 1 saturated heterocycles. The Bertz CT molecular complexity index is 860. The Morgan fingerprint density at radius 3 is 2.44 bits per heavy atom. The first kappa shape index (κ1) is 15.4. The molecule has 5 nitrogen and oxygen atoms in total. The monoisotopic (exact) mass is 332 g/mol. The zero-order chi connectivity index (χ0) is 17.2. The highest BCUT2D eigenvalue weighted by molar-refractivity contribution is 5.89. The van der Waals surface area contributed by atoms with Crippen molar-refractivity contribution < 1.29 is 4.79 Å². The van der Waals surface area contributed by atoms with Crippen LogP contribution in [0.4, 0.5) is 10.7 Å². The molecule has 4 rings (SSSR count). The van der Waals surface area contributed by atoms with Gasteiger partial charge in [-0.3, -0.25) is 9.88 Å². The van der Waals surface area contributed by atoms with Crippen molar-refractivity contribution in [1.82, 2.24) is 14.5 Å². The molecule has 25 heavy (non-hydrogen) atoms. The first-order chi connectivity index (χ1) is 12.2. The number of carbonyl (C=O) groups excluding carboxylic acids is 1. The molecule has 2 aromatic carbocycles. The van der Waals surface area contributed by atoms with Crippen LogP contribution in [-0.4, -0.2) is 27.0 Å². The molecule has 0 spiro atoms. The smallest absolute Gasteiger partial charge is 0.317 e. The second-order valence-electron chi connectivity index (χ2n) is 6.37. The van der Waals surface area contributed by atoms with E-state index in [2.05, 4.69) is 29.4 Å². The number of amides is 2. The number of imidazole rings is 1. The van der Waals surface area contributed by atoms with Gasteiger partial charge in [-0.15, -0.1) is 0 Å². The average Bonchev–Trinajstić information content (AvgIpc) is 3.09. The van der Waals surface area contributed by atoms with Gasteiger partial charge in [0.15, 0.2) is 0 Å². The van der Waals surface area contributed by atoms with Crippen LogP contribution < -0.4 is 5.32 Å². The SMILES string of the molecule is C[C@@H]1CN(C(=O)Nc2nccn2-c2ccccc2)[C@@H]1c1ccccc1. The molecule has 1 N–H and O–H groups in total. The maximum Gasteiger partial charge on any atom is 0.324 e. The third-order valence-corrected chi connectivity index (χ3v) is 4.66. The van der Waals surface area contributed by atoms with E-state index in [0.717, 1.165) is 12.2 Å². The van der Waals surface area contributed by atoms with Crippen molar-refractivity contribution in [2.45, 2.75) is 13.0 Å². The number of rotatable bonds is 3. The molecule has 5 heteroatoms. The Morgan fingerprint density at radius 1 is 1.08 bits per heavy atom. The lowest BCUT2D eigenvalue weighted by atomic mass is 9.85. The Labute approximate surface area is 146 Å². The van der Waals surface area contributed by atoms with E-state index in [-0.39, 0.29) is 12.1 Å². The average molecular weight is 332 g/mol. The van der Waals surface area contributed by atoms with E-state index in [1.165, 1.54) is 5.56 Å². The number of urea groups is 1. The molecule has 0 aliphatic carbocycles. The molecule has 2 amide bonds. The summed E-state index contributed by atoms with van der Waals surface area (Å²) < 4.78 is 1.87. The second kappa shape index (κ2) is 6.43. The van der Waals surface area contributed by atoms with Crippen LogP contribution in [0.3, 0.4) is 0 Å². The highest BCUT2D eigenvalue weighted by Gasteiger charge is 2.40. The Hall–Kier alpha value is -3.08. The standard InChI is InChI=1S/C20H20N4O/c1-15-14-24(18(15)16-8-4-2-5-9-16)20(25)22-19-21-12-13-23(19)17-10-6-3-7-11-17/h2-13,15,18H,14H2,1H3,(H,21,22,25)/t15-,18+/m1/s1. The molecule has 126 valence electrons. The van der Waals surface area contributed by atoms with Crippen LogP contribution in [0.15, 0.2) is 73.1 Å². The normalized spacial score (nSPS) is 19.3.